The Morgan fingerprint density at radius 3 is 2.80 bits per heavy atom. The van der Waals surface area contributed by atoms with Gasteiger partial charge in [-0.05, 0) is 30.2 Å². The summed E-state index contributed by atoms with van der Waals surface area (Å²) < 4.78 is 0. The van der Waals surface area contributed by atoms with E-state index in [2.05, 4.69) is 31.4 Å². The molecule has 1 aromatic heterocycles. The maximum absolute atomic E-state index is 2.27. The van der Waals surface area contributed by atoms with Crippen LogP contribution in [0.2, 0.25) is 0 Å². The highest BCUT2D eigenvalue weighted by Gasteiger charge is 1.95. The summed E-state index contributed by atoms with van der Waals surface area (Å²) in [5.74, 6) is 0.835. The molecule has 1 heteroatoms. The molecule has 0 bridgehead atoms. The van der Waals surface area contributed by atoms with Crippen LogP contribution in [0.25, 0.3) is 0 Å². The van der Waals surface area contributed by atoms with Crippen LogP contribution in [0.1, 0.15) is 25.1 Å². The van der Waals surface area contributed by atoms with E-state index in [1.807, 2.05) is 11.3 Å². The predicted octanol–water partition coefficient (Wildman–Crippen LogP) is 3.34. The molecule has 0 aliphatic rings. The molecule has 1 aromatic rings. The van der Waals surface area contributed by atoms with Crippen molar-refractivity contribution >= 4 is 11.3 Å². The van der Waals surface area contributed by atoms with Crippen LogP contribution in [-0.2, 0) is 6.42 Å². The fraction of sp³-hybridized carbons (Fsp3) is 0.556. The molecule has 0 aliphatic carbocycles. The van der Waals surface area contributed by atoms with Crippen LogP contribution < -0.4 is 0 Å². The normalized spacial score (nSPS) is 10.7. The number of hydrogen-bond donors (Lipinski definition) is 0. The lowest BCUT2D eigenvalue weighted by Crippen LogP contribution is -1.88. The van der Waals surface area contributed by atoms with Crippen LogP contribution >= 0.6 is 11.3 Å². The Morgan fingerprint density at radius 1 is 1.50 bits per heavy atom. The first-order valence-corrected chi connectivity index (χ1v) is 4.69. The van der Waals surface area contributed by atoms with Crippen LogP contribution in [0.5, 0.6) is 0 Å². The minimum absolute atomic E-state index is 0.835. The van der Waals surface area contributed by atoms with Gasteiger partial charge in [0.25, 0.3) is 0 Å². The highest BCUT2D eigenvalue weighted by atomic mass is 32.1. The average Bonchev–Trinajstić information content (AvgIpc) is 2.34. The Balaban J connectivity index is 2.28. The van der Waals surface area contributed by atoms with Crippen LogP contribution in [0.15, 0.2) is 17.5 Å². The summed E-state index contributed by atoms with van der Waals surface area (Å²) in [5.41, 5.74) is 0. The van der Waals surface area contributed by atoms with E-state index in [0.29, 0.717) is 0 Å². The largest absolute Gasteiger partial charge is 0.149 e. The van der Waals surface area contributed by atoms with Crippen molar-refractivity contribution in [2.45, 2.75) is 26.7 Å². The van der Waals surface area contributed by atoms with Gasteiger partial charge in [-0.25, -0.2) is 0 Å². The number of rotatable bonds is 3. The van der Waals surface area contributed by atoms with E-state index in [0.717, 1.165) is 5.92 Å². The number of thiophene rings is 1. The van der Waals surface area contributed by atoms with E-state index in [1.54, 1.807) is 0 Å². The second-order valence-corrected chi connectivity index (χ2v) is 4.04. The third-order valence-electron chi connectivity index (χ3n) is 1.55. The van der Waals surface area contributed by atoms with E-state index in [4.69, 9.17) is 0 Å². The summed E-state index contributed by atoms with van der Waals surface area (Å²) in [6.07, 6.45) is 2.58. The van der Waals surface area contributed by atoms with Gasteiger partial charge in [-0.3, -0.25) is 0 Å². The average molecular weight is 154 g/mol. The predicted molar refractivity (Wildman–Crippen MR) is 47.5 cm³/mol. The van der Waals surface area contributed by atoms with Gasteiger partial charge in [0.1, 0.15) is 0 Å². The molecule has 0 saturated carbocycles. The highest BCUT2D eigenvalue weighted by Crippen LogP contribution is 2.13. The van der Waals surface area contributed by atoms with Gasteiger partial charge in [0.2, 0.25) is 0 Å². The van der Waals surface area contributed by atoms with Crippen molar-refractivity contribution in [1.29, 1.82) is 0 Å². The van der Waals surface area contributed by atoms with Crippen molar-refractivity contribution in [1.82, 2.24) is 0 Å². The SMILES string of the molecule is CC(C)CCc1cccs1. The second-order valence-electron chi connectivity index (χ2n) is 3.01. The zero-order valence-electron chi connectivity index (χ0n) is 6.63. The maximum Gasteiger partial charge on any atom is 0.00453 e. The van der Waals surface area contributed by atoms with Crippen LogP contribution in [-0.4, -0.2) is 0 Å². The van der Waals surface area contributed by atoms with Crippen LogP contribution in [0.3, 0.4) is 0 Å². The smallest absolute Gasteiger partial charge is 0.00453 e. The zero-order chi connectivity index (χ0) is 7.40. The highest BCUT2D eigenvalue weighted by molar-refractivity contribution is 7.09. The fourth-order valence-electron chi connectivity index (χ4n) is 0.886. The lowest BCUT2D eigenvalue weighted by Gasteiger charge is -2.00. The summed E-state index contributed by atoms with van der Waals surface area (Å²) in [6.45, 7) is 4.54. The monoisotopic (exact) mass is 154 g/mol. The molecule has 0 saturated heterocycles. The molecule has 0 radical (unpaired) electrons. The Labute approximate surface area is 66.9 Å². The quantitative estimate of drug-likeness (QED) is 0.626. The zero-order valence-corrected chi connectivity index (χ0v) is 7.45. The summed E-state index contributed by atoms with van der Waals surface area (Å²) in [5, 5.41) is 2.15. The van der Waals surface area contributed by atoms with E-state index >= 15 is 0 Å². The number of hydrogen-bond acceptors (Lipinski definition) is 1. The molecular formula is C9H14S. The van der Waals surface area contributed by atoms with Gasteiger partial charge >= 0.3 is 0 Å². The summed E-state index contributed by atoms with van der Waals surface area (Å²) >= 11 is 1.86. The van der Waals surface area contributed by atoms with E-state index < -0.39 is 0 Å². The van der Waals surface area contributed by atoms with Crippen molar-refractivity contribution in [2.24, 2.45) is 5.92 Å². The van der Waals surface area contributed by atoms with Crippen LogP contribution in [0.4, 0.5) is 0 Å². The van der Waals surface area contributed by atoms with Gasteiger partial charge in [0.05, 0.1) is 0 Å². The molecule has 0 N–H and O–H groups in total. The van der Waals surface area contributed by atoms with Gasteiger partial charge in [0.15, 0.2) is 0 Å². The molecule has 1 heterocycles. The topological polar surface area (TPSA) is 0 Å². The van der Waals surface area contributed by atoms with Gasteiger partial charge < -0.3 is 0 Å². The van der Waals surface area contributed by atoms with Crippen LogP contribution in [0, 0.1) is 5.92 Å². The minimum atomic E-state index is 0.835. The van der Waals surface area contributed by atoms with Gasteiger partial charge in [-0.1, -0.05) is 19.9 Å². The van der Waals surface area contributed by atoms with Gasteiger partial charge in [-0.15, -0.1) is 11.3 Å². The standard InChI is InChI=1S/C9H14S/c1-8(2)5-6-9-4-3-7-10-9/h3-4,7-8H,5-6H2,1-2H3. The third-order valence-corrected chi connectivity index (χ3v) is 2.48. The van der Waals surface area contributed by atoms with Crippen molar-refractivity contribution in [3.8, 4) is 0 Å². The van der Waals surface area contributed by atoms with Crippen molar-refractivity contribution in [3.05, 3.63) is 22.4 Å². The molecule has 0 unspecified atom stereocenters. The molecule has 10 heavy (non-hydrogen) atoms. The Hall–Kier alpha value is -0.300. The summed E-state index contributed by atoms with van der Waals surface area (Å²) in [4.78, 5) is 1.52. The number of aryl methyl sites for hydroxylation is 1. The second kappa shape index (κ2) is 3.77. The first-order chi connectivity index (χ1) is 4.79. The summed E-state index contributed by atoms with van der Waals surface area (Å²) in [6, 6.07) is 4.34. The molecule has 0 fully saturated rings. The molecule has 0 aliphatic heterocycles. The molecule has 0 nitrogen and oxygen atoms in total. The van der Waals surface area contributed by atoms with Crippen molar-refractivity contribution < 1.29 is 0 Å². The molecule has 0 amide bonds. The first-order valence-electron chi connectivity index (χ1n) is 3.81. The van der Waals surface area contributed by atoms with Gasteiger partial charge in [0, 0.05) is 4.88 Å². The molecule has 0 spiro atoms. The first kappa shape index (κ1) is 7.80. The molecule has 0 aromatic carbocycles. The Morgan fingerprint density at radius 2 is 2.30 bits per heavy atom. The van der Waals surface area contributed by atoms with E-state index in [9.17, 15) is 0 Å². The fourth-order valence-corrected chi connectivity index (χ4v) is 1.61. The maximum atomic E-state index is 2.27. The van der Waals surface area contributed by atoms with E-state index in [1.165, 1.54) is 17.7 Å². The molecule has 56 valence electrons. The molecule has 1 rings (SSSR count). The van der Waals surface area contributed by atoms with Crippen molar-refractivity contribution in [2.75, 3.05) is 0 Å². The minimum Gasteiger partial charge on any atom is -0.149 e. The van der Waals surface area contributed by atoms with Crippen molar-refractivity contribution in [3.63, 3.8) is 0 Å². The Bertz CT molecular complexity index is 163. The van der Waals surface area contributed by atoms with E-state index in [-0.39, 0.29) is 0 Å². The lowest BCUT2D eigenvalue weighted by molar-refractivity contribution is 0.590. The Kier molecular flexibility index (Phi) is 2.94. The molecule has 0 atom stereocenters. The lowest BCUT2D eigenvalue weighted by atomic mass is 10.1. The third kappa shape index (κ3) is 2.53. The molecular weight excluding hydrogens is 140 g/mol. The summed E-state index contributed by atoms with van der Waals surface area (Å²) in [7, 11) is 0. The van der Waals surface area contributed by atoms with Gasteiger partial charge in [-0.2, -0.15) is 0 Å².